The normalized spacial score (nSPS) is 22.2. The number of rotatable bonds is 7. The van der Waals surface area contributed by atoms with Gasteiger partial charge in [-0.05, 0) is 68.7 Å². The van der Waals surface area contributed by atoms with E-state index in [1.165, 1.54) is 6.42 Å². The fourth-order valence-electron chi connectivity index (χ4n) is 5.82. The van der Waals surface area contributed by atoms with E-state index < -0.39 is 11.8 Å². The van der Waals surface area contributed by atoms with Crippen molar-refractivity contribution in [1.82, 2.24) is 0 Å². The fourth-order valence-corrected chi connectivity index (χ4v) is 5.82. The van der Waals surface area contributed by atoms with Gasteiger partial charge in [0.1, 0.15) is 18.6 Å². The van der Waals surface area contributed by atoms with E-state index in [4.69, 9.17) is 19.2 Å². The number of allylic oxidation sites excluding steroid dienone is 2. The van der Waals surface area contributed by atoms with E-state index in [0.717, 1.165) is 55.3 Å². The van der Waals surface area contributed by atoms with E-state index in [0.29, 0.717) is 35.8 Å². The number of hydrogen-bond acceptors (Lipinski definition) is 6. The minimum absolute atomic E-state index is 0.0598. The molecule has 6 heteroatoms. The van der Waals surface area contributed by atoms with E-state index in [-0.39, 0.29) is 17.9 Å². The molecule has 1 fully saturated rings. The predicted molar refractivity (Wildman–Crippen MR) is 142 cm³/mol. The number of carbonyl (C=O) groups excluding carboxylic acids is 2. The van der Waals surface area contributed by atoms with E-state index >= 15 is 0 Å². The number of hydrogen-bond donors (Lipinski definition) is 0. The Morgan fingerprint density at radius 1 is 0.973 bits per heavy atom. The third kappa shape index (κ3) is 5.48. The summed E-state index contributed by atoms with van der Waals surface area (Å²) in [5, 5.41) is 0. The monoisotopic (exact) mass is 501 g/mol. The zero-order valence-electron chi connectivity index (χ0n) is 21.7. The minimum Gasteiger partial charge on any atom is -0.493 e. The molecule has 2 aromatic rings. The van der Waals surface area contributed by atoms with Gasteiger partial charge in [0.05, 0.1) is 7.11 Å². The van der Waals surface area contributed by atoms with Crippen LogP contribution in [0.5, 0.6) is 11.5 Å². The smallest absolute Gasteiger partial charge is 0.315 e. The Kier molecular flexibility index (Phi) is 7.73. The zero-order chi connectivity index (χ0) is 25.8. The van der Waals surface area contributed by atoms with Crippen molar-refractivity contribution in [3.63, 3.8) is 0 Å². The number of ketones is 1. The van der Waals surface area contributed by atoms with Crippen LogP contribution < -0.4 is 9.47 Å². The maximum atomic E-state index is 13.6. The van der Waals surface area contributed by atoms with Crippen LogP contribution in [0, 0.1) is 5.92 Å². The molecular weight excluding hydrogens is 466 g/mol. The third-order valence-corrected chi connectivity index (χ3v) is 7.71. The Balaban J connectivity index is 1.47. The molecule has 2 aliphatic carbocycles. The average Bonchev–Trinajstić information content (AvgIpc) is 2.92. The molecular formula is C31H35NO5. The Hall–Kier alpha value is -3.41. The summed E-state index contributed by atoms with van der Waals surface area (Å²) < 4.78 is 17.8. The van der Waals surface area contributed by atoms with Crippen molar-refractivity contribution in [2.45, 2.75) is 76.9 Å². The number of aliphatic imine (C=N–C) groups is 1. The minimum atomic E-state index is -0.636. The quantitative estimate of drug-likeness (QED) is 0.415. The molecule has 1 unspecified atom stereocenters. The van der Waals surface area contributed by atoms with E-state index in [2.05, 4.69) is 0 Å². The highest BCUT2D eigenvalue weighted by Crippen LogP contribution is 2.45. The van der Waals surface area contributed by atoms with Crippen molar-refractivity contribution >= 4 is 17.5 Å². The van der Waals surface area contributed by atoms with Gasteiger partial charge in [-0.1, -0.05) is 42.8 Å². The molecule has 0 radical (unpaired) electrons. The van der Waals surface area contributed by atoms with Gasteiger partial charge in [-0.25, -0.2) is 0 Å². The summed E-state index contributed by atoms with van der Waals surface area (Å²) in [6.45, 7) is 2.30. The maximum absolute atomic E-state index is 13.6. The lowest BCUT2D eigenvalue weighted by atomic mass is 9.71. The molecule has 0 amide bonds. The first-order valence-corrected chi connectivity index (χ1v) is 13.4. The second kappa shape index (κ2) is 11.3. The molecule has 6 nitrogen and oxygen atoms in total. The lowest BCUT2D eigenvalue weighted by molar-refractivity contribution is -0.153. The SMILES string of the molecule is COc1cc([C@@H]2C3=C(CCCC3=O)N=C(C)C2C(=O)OC2CCCCC2)ccc1OCc1ccccc1. The number of nitrogens with zero attached hydrogens (tertiary/aromatic N) is 1. The average molecular weight is 502 g/mol. The van der Waals surface area contributed by atoms with Crippen LogP contribution in [-0.4, -0.2) is 30.7 Å². The summed E-state index contributed by atoms with van der Waals surface area (Å²) in [7, 11) is 1.60. The van der Waals surface area contributed by atoms with Crippen molar-refractivity contribution in [2.75, 3.05) is 7.11 Å². The van der Waals surface area contributed by atoms with Gasteiger partial charge in [0.15, 0.2) is 17.3 Å². The van der Waals surface area contributed by atoms with Gasteiger partial charge in [0.25, 0.3) is 0 Å². The molecule has 2 aromatic carbocycles. The van der Waals surface area contributed by atoms with Gasteiger partial charge in [-0.3, -0.25) is 14.6 Å². The summed E-state index contributed by atoms with van der Waals surface area (Å²) in [5.74, 6) is -0.120. The van der Waals surface area contributed by atoms with Crippen LogP contribution in [0.15, 0.2) is 64.8 Å². The van der Waals surface area contributed by atoms with Gasteiger partial charge >= 0.3 is 5.97 Å². The van der Waals surface area contributed by atoms with Gasteiger partial charge in [0, 0.05) is 29.3 Å². The highest BCUT2D eigenvalue weighted by Gasteiger charge is 2.44. The van der Waals surface area contributed by atoms with E-state index in [9.17, 15) is 9.59 Å². The first-order valence-electron chi connectivity index (χ1n) is 13.4. The van der Waals surface area contributed by atoms with E-state index in [1.54, 1.807) is 7.11 Å². The van der Waals surface area contributed by atoms with Gasteiger partial charge in [-0.15, -0.1) is 0 Å². The van der Waals surface area contributed by atoms with Crippen molar-refractivity contribution in [3.05, 3.63) is 70.9 Å². The standard InChI is InChI=1S/C31H35NO5/c1-20-28(31(34)37-23-12-7-4-8-13-23)29(30-24(32-20)14-9-15-25(30)33)22-16-17-26(27(18-22)35-2)36-19-21-10-5-3-6-11-21/h3,5-6,10-11,16-18,23,28-29H,4,7-9,12-15,19H2,1-2H3/t28?,29-/m0/s1. The number of esters is 1. The summed E-state index contributed by atoms with van der Waals surface area (Å²) in [4.78, 5) is 31.6. The molecule has 5 rings (SSSR count). The first kappa shape index (κ1) is 25.2. The summed E-state index contributed by atoms with van der Waals surface area (Å²) in [6, 6.07) is 15.7. The van der Waals surface area contributed by atoms with Crippen molar-refractivity contribution in [3.8, 4) is 11.5 Å². The Morgan fingerprint density at radius 3 is 2.51 bits per heavy atom. The number of methoxy groups -OCH3 is 1. The predicted octanol–water partition coefficient (Wildman–Crippen LogP) is 6.33. The first-order chi connectivity index (χ1) is 18.0. The summed E-state index contributed by atoms with van der Waals surface area (Å²) in [5.41, 5.74) is 4.07. The van der Waals surface area contributed by atoms with Crippen molar-refractivity contribution in [1.29, 1.82) is 0 Å². The second-order valence-corrected chi connectivity index (χ2v) is 10.2. The summed E-state index contributed by atoms with van der Waals surface area (Å²) >= 11 is 0. The molecule has 2 atom stereocenters. The lowest BCUT2D eigenvalue weighted by Crippen LogP contribution is -2.38. The molecule has 37 heavy (non-hydrogen) atoms. The van der Waals surface area contributed by atoms with Gasteiger partial charge in [-0.2, -0.15) is 0 Å². The van der Waals surface area contributed by atoms with Crippen LogP contribution in [0.3, 0.4) is 0 Å². The van der Waals surface area contributed by atoms with Crippen molar-refractivity contribution < 1.29 is 23.8 Å². The molecule has 0 bridgehead atoms. The molecule has 0 saturated heterocycles. The Morgan fingerprint density at radius 2 is 1.76 bits per heavy atom. The van der Waals surface area contributed by atoms with Crippen LogP contribution in [0.1, 0.15) is 75.3 Å². The number of ether oxygens (including phenoxy) is 3. The second-order valence-electron chi connectivity index (χ2n) is 10.2. The Bertz CT molecular complexity index is 1210. The zero-order valence-corrected chi connectivity index (χ0v) is 21.7. The molecule has 0 spiro atoms. The number of benzene rings is 2. The van der Waals surface area contributed by atoms with Crippen LogP contribution in [0.4, 0.5) is 0 Å². The molecule has 194 valence electrons. The molecule has 3 aliphatic rings. The summed E-state index contributed by atoms with van der Waals surface area (Å²) in [6.07, 6.45) is 7.08. The van der Waals surface area contributed by atoms with Crippen LogP contribution in [0.2, 0.25) is 0 Å². The molecule has 1 saturated carbocycles. The van der Waals surface area contributed by atoms with Crippen LogP contribution in [0.25, 0.3) is 0 Å². The number of Topliss-reactive ketones (excluding diaryl/α,β-unsaturated/α-hetero) is 1. The highest BCUT2D eigenvalue weighted by molar-refractivity contribution is 6.08. The largest absolute Gasteiger partial charge is 0.493 e. The van der Waals surface area contributed by atoms with Gasteiger partial charge in [0.2, 0.25) is 0 Å². The van der Waals surface area contributed by atoms with Crippen LogP contribution >= 0.6 is 0 Å². The third-order valence-electron chi connectivity index (χ3n) is 7.71. The maximum Gasteiger partial charge on any atom is 0.315 e. The molecule has 1 aliphatic heterocycles. The van der Waals surface area contributed by atoms with Gasteiger partial charge < -0.3 is 14.2 Å². The Labute approximate surface area is 218 Å². The lowest BCUT2D eigenvalue weighted by Gasteiger charge is -2.35. The molecule has 0 N–H and O–H groups in total. The highest BCUT2D eigenvalue weighted by atomic mass is 16.5. The molecule has 0 aromatic heterocycles. The van der Waals surface area contributed by atoms with Crippen molar-refractivity contribution in [2.24, 2.45) is 10.9 Å². The van der Waals surface area contributed by atoms with Crippen LogP contribution in [-0.2, 0) is 20.9 Å². The topological polar surface area (TPSA) is 74.2 Å². The molecule has 1 heterocycles. The number of carbonyl (C=O) groups is 2. The fraction of sp³-hybridized carbons (Fsp3) is 0.452. The van der Waals surface area contributed by atoms with E-state index in [1.807, 2.05) is 55.5 Å².